The third-order valence-corrected chi connectivity index (χ3v) is 4.33. The van der Waals surface area contributed by atoms with Crippen LogP contribution in [0.2, 0.25) is 0 Å². The highest BCUT2D eigenvalue weighted by atomic mass is 127. The van der Waals surface area contributed by atoms with Crippen molar-refractivity contribution in [1.29, 1.82) is 0 Å². The van der Waals surface area contributed by atoms with Crippen molar-refractivity contribution in [3.8, 4) is 0 Å². The Bertz CT molecular complexity index is 469. The Morgan fingerprint density at radius 2 is 1.83 bits per heavy atom. The highest BCUT2D eigenvalue weighted by Gasteiger charge is 2.09. The van der Waals surface area contributed by atoms with Crippen molar-refractivity contribution in [3.63, 3.8) is 0 Å². The van der Waals surface area contributed by atoms with Gasteiger partial charge in [-0.25, -0.2) is 8.42 Å². The van der Waals surface area contributed by atoms with Crippen molar-refractivity contribution in [1.82, 2.24) is 10.6 Å². The van der Waals surface area contributed by atoms with Gasteiger partial charge in [0.05, 0.1) is 12.9 Å². The molecule has 0 aliphatic rings. The van der Waals surface area contributed by atoms with E-state index in [9.17, 15) is 13.2 Å². The van der Waals surface area contributed by atoms with Crippen molar-refractivity contribution in [2.24, 2.45) is 4.99 Å². The molecule has 0 rings (SSSR count). The molecule has 0 saturated carbocycles. The maximum absolute atomic E-state index is 11.1. The molecule has 1 atom stereocenters. The first kappa shape index (κ1) is 25.7. The van der Waals surface area contributed by atoms with Crippen LogP contribution >= 0.6 is 24.0 Å². The van der Waals surface area contributed by atoms with E-state index in [1.54, 1.807) is 7.05 Å². The van der Waals surface area contributed by atoms with Crippen LogP contribution in [0.5, 0.6) is 0 Å². The zero-order valence-corrected chi connectivity index (χ0v) is 18.3. The van der Waals surface area contributed by atoms with Gasteiger partial charge < -0.3 is 15.4 Å². The van der Waals surface area contributed by atoms with E-state index in [0.717, 1.165) is 32.2 Å². The van der Waals surface area contributed by atoms with Crippen LogP contribution in [0, 0.1) is 0 Å². The van der Waals surface area contributed by atoms with Gasteiger partial charge in [-0.05, 0) is 26.2 Å². The summed E-state index contributed by atoms with van der Waals surface area (Å²) in [7, 11) is 0.161. The molecule has 0 aliphatic heterocycles. The molecule has 0 aromatic heterocycles. The van der Waals surface area contributed by atoms with E-state index in [0.29, 0.717) is 18.8 Å². The molecule has 0 radical (unpaired) electrons. The first-order valence-corrected chi connectivity index (χ1v) is 10.1. The third kappa shape index (κ3) is 16.3. The summed E-state index contributed by atoms with van der Waals surface area (Å²) in [6.45, 7) is 2.72. The van der Waals surface area contributed by atoms with Gasteiger partial charge in [0.15, 0.2) is 5.96 Å². The van der Waals surface area contributed by atoms with Gasteiger partial charge in [-0.2, -0.15) is 0 Å². The first-order valence-electron chi connectivity index (χ1n) is 8.00. The predicted octanol–water partition coefficient (Wildman–Crippen LogP) is 1.72. The Morgan fingerprint density at radius 3 is 2.38 bits per heavy atom. The lowest BCUT2D eigenvalue weighted by Crippen LogP contribution is -2.43. The minimum Gasteiger partial charge on any atom is -0.469 e. The number of unbranched alkanes of at least 4 members (excludes halogenated alkanes) is 3. The van der Waals surface area contributed by atoms with Crippen LogP contribution in [0.15, 0.2) is 4.99 Å². The molecule has 144 valence electrons. The second kappa shape index (κ2) is 14.7. The molecular formula is C15H32IN3O4S. The topological polar surface area (TPSA) is 96.9 Å². The SMILES string of the molecule is CN=C(NCCCCCCC(=O)OC)NC(C)CCS(C)(=O)=O.I. The van der Waals surface area contributed by atoms with Crippen LogP contribution < -0.4 is 10.6 Å². The van der Waals surface area contributed by atoms with E-state index >= 15 is 0 Å². The van der Waals surface area contributed by atoms with Crippen LogP contribution in [0.1, 0.15) is 45.4 Å². The number of carbonyl (C=O) groups excluding carboxylic acids is 1. The van der Waals surface area contributed by atoms with E-state index in [4.69, 9.17) is 0 Å². The zero-order valence-electron chi connectivity index (χ0n) is 15.1. The molecule has 0 aliphatic carbocycles. The summed E-state index contributed by atoms with van der Waals surface area (Å²) < 4.78 is 26.9. The Morgan fingerprint density at radius 1 is 1.21 bits per heavy atom. The minimum atomic E-state index is -2.93. The van der Waals surface area contributed by atoms with Gasteiger partial charge in [0.1, 0.15) is 9.84 Å². The number of ether oxygens (including phenoxy) is 1. The molecule has 0 aromatic carbocycles. The molecule has 9 heteroatoms. The number of carbonyl (C=O) groups is 1. The molecule has 7 nitrogen and oxygen atoms in total. The number of sulfone groups is 1. The van der Waals surface area contributed by atoms with Gasteiger partial charge in [-0.15, -0.1) is 24.0 Å². The first-order chi connectivity index (χ1) is 10.8. The summed E-state index contributed by atoms with van der Waals surface area (Å²) >= 11 is 0. The zero-order chi connectivity index (χ0) is 17.7. The number of guanidine groups is 1. The number of nitrogens with zero attached hydrogens (tertiary/aromatic N) is 1. The number of nitrogens with one attached hydrogen (secondary N) is 2. The maximum atomic E-state index is 11.1. The number of hydrogen-bond donors (Lipinski definition) is 2. The summed E-state index contributed by atoms with van der Waals surface area (Å²) in [6.07, 6.45) is 6.13. The van der Waals surface area contributed by atoms with Gasteiger partial charge in [-0.3, -0.25) is 9.79 Å². The van der Waals surface area contributed by atoms with Gasteiger partial charge in [-0.1, -0.05) is 12.8 Å². The normalized spacial score (nSPS) is 12.9. The minimum absolute atomic E-state index is 0. The predicted molar refractivity (Wildman–Crippen MR) is 109 cm³/mol. The number of esters is 1. The Balaban J connectivity index is 0. The van der Waals surface area contributed by atoms with E-state index < -0.39 is 9.84 Å². The second-order valence-electron chi connectivity index (χ2n) is 5.70. The fraction of sp³-hybridized carbons (Fsp3) is 0.867. The van der Waals surface area contributed by atoms with Crippen molar-refractivity contribution in [2.75, 3.05) is 32.7 Å². The lowest BCUT2D eigenvalue weighted by atomic mass is 10.1. The number of hydrogen-bond acceptors (Lipinski definition) is 5. The maximum Gasteiger partial charge on any atom is 0.305 e. The summed E-state index contributed by atoms with van der Waals surface area (Å²) in [5.74, 6) is 0.689. The van der Waals surface area contributed by atoms with Gasteiger partial charge in [0, 0.05) is 32.3 Å². The van der Waals surface area contributed by atoms with E-state index in [-0.39, 0.29) is 41.7 Å². The lowest BCUT2D eigenvalue weighted by Gasteiger charge is -2.17. The summed E-state index contributed by atoms with van der Waals surface area (Å²) in [5.41, 5.74) is 0. The van der Waals surface area contributed by atoms with Gasteiger partial charge in [0.25, 0.3) is 0 Å². The summed E-state index contributed by atoms with van der Waals surface area (Å²) in [6, 6.07) is 0.0379. The molecule has 0 saturated heterocycles. The number of aliphatic imine (C=N–C) groups is 1. The molecule has 0 bridgehead atoms. The average molecular weight is 477 g/mol. The highest BCUT2D eigenvalue weighted by molar-refractivity contribution is 14.0. The molecule has 0 aromatic rings. The van der Waals surface area contributed by atoms with E-state index in [2.05, 4.69) is 20.4 Å². The van der Waals surface area contributed by atoms with Crippen LogP contribution in [0.25, 0.3) is 0 Å². The van der Waals surface area contributed by atoms with Crippen molar-refractivity contribution < 1.29 is 17.9 Å². The molecule has 0 amide bonds. The Kier molecular flexibility index (Phi) is 15.8. The second-order valence-corrected chi connectivity index (χ2v) is 7.96. The lowest BCUT2D eigenvalue weighted by molar-refractivity contribution is -0.140. The van der Waals surface area contributed by atoms with Crippen LogP contribution in [-0.4, -0.2) is 59.1 Å². The number of rotatable bonds is 11. The van der Waals surface area contributed by atoms with Crippen molar-refractivity contribution >= 4 is 45.7 Å². The molecular weight excluding hydrogens is 445 g/mol. The van der Waals surface area contributed by atoms with Crippen LogP contribution in [0.3, 0.4) is 0 Å². The average Bonchev–Trinajstić information content (AvgIpc) is 2.49. The molecule has 0 spiro atoms. The van der Waals surface area contributed by atoms with Gasteiger partial charge in [0.2, 0.25) is 0 Å². The number of methoxy groups -OCH3 is 1. The van der Waals surface area contributed by atoms with E-state index in [1.165, 1.54) is 13.4 Å². The van der Waals surface area contributed by atoms with Gasteiger partial charge >= 0.3 is 5.97 Å². The van der Waals surface area contributed by atoms with Crippen molar-refractivity contribution in [2.45, 2.75) is 51.5 Å². The molecule has 0 heterocycles. The van der Waals surface area contributed by atoms with Crippen LogP contribution in [0.4, 0.5) is 0 Å². The number of halogens is 1. The molecule has 2 N–H and O–H groups in total. The largest absolute Gasteiger partial charge is 0.469 e. The van der Waals surface area contributed by atoms with Crippen LogP contribution in [-0.2, 0) is 19.4 Å². The fourth-order valence-electron chi connectivity index (χ4n) is 1.95. The summed E-state index contributed by atoms with van der Waals surface area (Å²) in [4.78, 5) is 15.1. The van der Waals surface area contributed by atoms with Crippen molar-refractivity contribution in [3.05, 3.63) is 0 Å². The Labute approximate surface area is 163 Å². The molecule has 24 heavy (non-hydrogen) atoms. The Hall–Kier alpha value is -0.580. The third-order valence-electron chi connectivity index (χ3n) is 3.36. The standard InChI is InChI=1S/C15H31N3O4S.HI/c1-13(10-12-23(4,20)21)18-15(16-2)17-11-8-6-5-7-9-14(19)22-3;/h13H,5-12H2,1-4H3,(H2,16,17,18);1H. The fourth-order valence-corrected chi connectivity index (χ4v) is 2.73. The highest BCUT2D eigenvalue weighted by Crippen LogP contribution is 2.03. The monoisotopic (exact) mass is 477 g/mol. The van der Waals surface area contributed by atoms with E-state index in [1.807, 2.05) is 6.92 Å². The quantitative estimate of drug-likeness (QED) is 0.155. The molecule has 0 fully saturated rings. The smallest absolute Gasteiger partial charge is 0.305 e. The summed E-state index contributed by atoms with van der Waals surface area (Å²) in [5, 5.41) is 6.38. The molecule has 1 unspecified atom stereocenters.